The molecule has 0 saturated carbocycles. The Morgan fingerprint density at radius 2 is 1.42 bits per heavy atom. The Balaban J connectivity index is 2.07. The van der Waals surface area contributed by atoms with Crippen molar-refractivity contribution in [1.82, 2.24) is 0 Å². The van der Waals surface area contributed by atoms with E-state index >= 15 is 0 Å². The van der Waals surface area contributed by atoms with Crippen molar-refractivity contribution in [1.29, 1.82) is 0 Å². The maximum absolute atomic E-state index is 5.98. The quantitative estimate of drug-likeness (QED) is 0.429. The summed E-state index contributed by atoms with van der Waals surface area (Å²) >= 11 is 1.81. The molecule has 0 aliphatic rings. The number of benzene rings is 3. The molecule has 0 atom stereocenters. The van der Waals surface area contributed by atoms with Gasteiger partial charge < -0.3 is 9.15 Å². The average molecular weight is 360 g/mol. The second kappa shape index (κ2) is 6.93. The number of thioether (sulfide) groups is 1. The fourth-order valence-electron chi connectivity index (χ4n) is 3.63. The van der Waals surface area contributed by atoms with Crippen LogP contribution in [0, 0.1) is 0 Å². The highest BCUT2D eigenvalue weighted by atomic mass is 32.2. The van der Waals surface area contributed by atoms with E-state index in [2.05, 4.69) is 73.0 Å². The first-order valence-electron chi connectivity index (χ1n) is 8.52. The first-order valence-corrected chi connectivity index (χ1v) is 9.74. The Morgan fingerprint density at radius 1 is 0.808 bits per heavy atom. The molecule has 2 nitrogen and oxygen atoms in total. The Bertz CT molecular complexity index is 967. The van der Waals surface area contributed by atoms with Crippen LogP contribution in [0.25, 0.3) is 11.0 Å². The molecule has 26 heavy (non-hydrogen) atoms. The van der Waals surface area contributed by atoms with Gasteiger partial charge in [0.15, 0.2) is 11.3 Å². The van der Waals surface area contributed by atoms with Gasteiger partial charge in [-0.3, -0.25) is 0 Å². The van der Waals surface area contributed by atoms with Crippen LogP contribution in [0.2, 0.25) is 0 Å². The Morgan fingerprint density at radius 3 is 1.96 bits per heavy atom. The van der Waals surface area contributed by atoms with Crippen molar-refractivity contribution in [2.45, 2.75) is 4.75 Å². The Kier molecular flexibility index (Phi) is 4.48. The van der Waals surface area contributed by atoms with Gasteiger partial charge in [-0.25, -0.2) is 0 Å². The molecule has 1 heterocycles. The summed E-state index contributed by atoms with van der Waals surface area (Å²) in [5, 5.41) is 1.08. The first kappa shape index (κ1) is 16.8. The second-order valence-corrected chi connectivity index (χ2v) is 7.12. The zero-order chi connectivity index (χ0) is 18.0. The first-order chi connectivity index (χ1) is 12.8. The Labute approximate surface area is 157 Å². The van der Waals surface area contributed by atoms with Gasteiger partial charge in [0, 0.05) is 10.9 Å². The molecule has 3 aromatic carbocycles. The maximum atomic E-state index is 5.98. The van der Waals surface area contributed by atoms with Crippen LogP contribution in [-0.4, -0.2) is 13.4 Å². The van der Waals surface area contributed by atoms with E-state index in [1.165, 1.54) is 11.1 Å². The minimum Gasteiger partial charge on any atom is -0.493 e. The standard InChI is InChI=1S/C23H20O2S/c1-24-21-15-9-14-19-20(16-25-22(19)21)23(26-2,17-10-5-3-6-11-17)18-12-7-4-8-13-18/h3-16H,1-2H3. The molecule has 4 aromatic rings. The summed E-state index contributed by atoms with van der Waals surface area (Å²) in [5.41, 5.74) is 4.38. The fourth-order valence-corrected chi connectivity index (χ4v) is 4.75. The number of hydrogen-bond donors (Lipinski definition) is 0. The molecule has 0 aliphatic carbocycles. The number of fused-ring (bicyclic) bond motifs is 1. The van der Waals surface area contributed by atoms with Crippen LogP contribution in [0.15, 0.2) is 89.5 Å². The van der Waals surface area contributed by atoms with Crippen molar-refractivity contribution in [2.24, 2.45) is 0 Å². The van der Waals surface area contributed by atoms with Gasteiger partial charge in [0.2, 0.25) is 0 Å². The van der Waals surface area contributed by atoms with Gasteiger partial charge in [-0.15, -0.1) is 11.8 Å². The van der Waals surface area contributed by atoms with Crippen molar-refractivity contribution < 1.29 is 9.15 Å². The molecule has 130 valence electrons. The normalized spacial score (nSPS) is 11.6. The lowest BCUT2D eigenvalue weighted by molar-refractivity contribution is 0.410. The molecule has 0 saturated heterocycles. The topological polar surface area (TPSA) is 22.4 Å². The third-order valence-electron chi connectivity index (χ3n) is 4.83. The van der Waals surface area contributed by atoms with Crippen LogP contribution in [-0.2, 0) is 4.75 Å². The van der Waals surface area contributed by atoms with Crippen molar-refractivity contribution in [3.8, 4) is 5.75 Å². The fraction of sp³-hybridized carbons (Fsp3) is 0.130. The third kappa shape index (κ3) is 2.51. The second-order valence-electron chi connectivity index (χ2n) is 6.10. The molecule has 0 amide bonds. The summed E-state index contributed by atoms with van der Waals surface area (Å²) in [6.45, 7) is 0. The van der Waals surface area contributed by atoms with Gasteiger partial charge in [0.1, 0.15) is 0 Å². The van der Waals surface area contributed by atoms with Crippen molar-refractivity contribution in [2.75, 3.05) is 13.4 Å². The summed E-state index contributed by atoms with van der Waals surface area (Å²) in [5.74, 6) is 0.755. The predicted octanol–water partition coefficient (Wildman–Crippen LogP) is 6.10. The van der Waals surface area contributed by atoms with E-state index < -0.39 is 0 Å². The van der Waals surface area contributed by atoms with Gasteiger partial charge in [-0.1, -0.05) is 72.8 Å². The number of methoxy groups -OCH3 is 1. The molecule has 0 fully saturated rings. The van der Waals surface area contributed by atoms with Gasteiger partial charge >= 0.3 is 0 Å². The van der Waals surface area contributed by atoms with Gasteiger partial charge in [0.25, 0.3) is 0 Å². The van der Waals surface area contributed by atoms with E-state index in [4.69, 9.17) is 9.15 Å². The van der Waals surface area contributed by atoms with Crippen molar-refractivity contribution in [3.63, 3.8) is 0 Å². The van der Waals surface area contributed by atoms with Crippen LogP contribution in [0.4, 0.5) is 0 Å². The summed E-state index contributed by atoms with van der Waals surface area (Å²) < 4.78 is 11.1. The van der Waals surface area contributed by atoms with E-state index in [0.29, 0.717) is 0 Å². The zero-order valence-electron chi connectivity index (χ0n) is 14.8. The number of para-hydroxylation sites is 1. The molecule has 3 heteroatoms. The van der Waals surface area contributed by atoms with E-state index in [-0.39, 0.29) is 4.75 Å². The van der Waals surface area contributed by atoms with Crippen molar-refractivity contribution >= 4 is 22.7 Å². The molecule has 0 N–H and O–H groups in total. The number of furan rings is 1. The molecule has 0 bridgehead atoms. The SMILES string of the molecule is COc1cccc2c(C(SC)(c3ccccc3)c3ccccc3)coc12. The highest BCUT2D eigenvalue weighted by molar-refractivity contribution is 8.00. The average Bonchev–Trinajstić information content (AvgIpc) is 3.15. The number of rotatable bonds is 5. The molecular weight excluding hydrogens is 340 g/mol. The number of ether oxygens (including phenoxy) is 1. The van der Waals surface area contributed by atoms with Crippen LogP contribution in [0.1, 0.15) is 16.7 Å². The van der Waals surface area contributed by atoms with Gasteiger partial charge in [0.05, 0.1) is 18.1 Å². The number of hydrogen-bond acceptors (Lipinski definition) is 3. The van der Waals surface area contributed by atoms with Gasteiger partial charge in [-0.05, 0) is 23.4 Å². The highest BCUT2D eigenvalue weighted by Crippen LogP contribution is 2.50. The van der Waals surface area contributed by atoms with Crippen molar-refractivity contribution in [3.05, 3.63) is 102 Å². The molecule has 0 radical (unpaired) electrons. The molecular formula is C23H20O2S. The van der Waals surface area contributed by atoms with Crippen LogP contribution >= 0.6 is 11.8 Å². The molecule has 0 spiro atoms. The molecule has 1 aromatic heterocycles. The largest absolute Gasteiger partial charge is 0.493 e. The van der Waals surface area contributed by atoms with E-state index in [9.17, 15) is 0 Å². The van der Waals surface area contributed by atoms with E-state index in [1.54, 1.807) is 7.11 Å². The lowest BCUT2D eigenvalue weighted by atomic mass is 9.84. The minimum atomic E-state index is -0.361. The lowest BCUT2D eigenvalue weighted by Crippen LogP contribution is -2.24. The zero-order valence-corrected chi connectivity index (χ0v) is 15.6. The van der Waals surface area contributed by atoms with E-state index in [0.717, 1.165) is 22.3 Å². The Hall–Kier alpha value is -2.65. The monoisotopic (exact) mass is 360 g/mol. The van der Waals surface area contributed by atoms with E-state index in [1.807, 2.05) is 30.2 Å². The lowest BCUT2D eigenvalue weighted by Gasteiger charge is -2.33. The van der Waals surface area contributed by atoms with Crippen LogP contribution < -0.4 is 4.74 Å². The smallest absolute Gasteiger partial charge is 0.176 e. The van der Waals surface area contributed by atoms with Crippen LogP contribution in [0.3, 0.4) is 0 Å². The van der Waals surface area contributed by atoms with Gasteiger partial charge in [-0.2, -0.15) is 0 Å². The molecule has 0 aliphatic heterocycles. The summed E-state index contributed by atoms with van der Waals surface area (Å²) in [6.07, 6.45) is 4.03. The third-order valence-corrected chi connectivity index (χ3v) is 6.13. The molecule has 4 rings (SSSR count). The summed E-state index contributed by atoms with van der Waals surface area (Å²) in [7, 11) is 1.67. The highest BCUT2D eigenvalue weighted by Gasteiger charge is 2.38. The predicted molar refractivity (Wildman–Crippen MR) is 109 cm³/mol. The molecule has 0 unspecified atom stereocenters. The minimum absolute atomic E-state index is 0.361. The van der Waals surface area contributed by atoms with Crippen LogP contribution in [0.5, 0.6) is 5.75 Å². The summed E-state index contributed by atoms with van der Waals surface area (Å²) in [4.78, 5) is 0. The summed E-state index contributed by atoms with van der Waals surface area (Å²) in [6, 6.07) is 27.2. The maximum Gasteiger partial charge on any atom is 0.176 e.